The Kier molecular flexibility index (Phi) is 5.87. The Balaban J connectivity index is 4.24. The Morgan fingerprint density at radius 3 is 2.14 bits per heavy atom. The molecule has 0 aliphatic heterocycles. The number of ether oxygens (including phenoxy) is 2. The Morgan fingerprint density at radius 1 is 1.21 bits per heavy atom. The minimum absolute atomic E-state index is 0.0125. The molecule has 0 saturated carbocycles. The second kappa shape index (κ2) is 6.37. The molecule has 0 bridgehead atoms. The molecular weight excluding hydrogens is 186 g/mol. The lowest BCUT2D eigenvalue weighted by atomic mass is 10.2. The zero-order valence-electron chi connectivity index (χ0n) is 8.99. The van der Waals surface area contributed by atoms with E-state index in [2.05, 4.69) is 14.8 Å². The van der Waals surface area contributed by atoms with Crippen molar-refractivity contribution < 1.29 is 19.1 Å². The molecule has 0 heterocycles. The highest BCUT2D eigenvalue weighted by molar-refractivity contribution is 5.82. The molecule has 5 nitrogen and oxygen atoms in total. The molecular formula is C9H17NO4. The van der Waals surface area contributed by atoms with Crippen LogP contribution in [0.3, 0.4) is 0 Å². The van der Waals surface area contributed by atoms with Crippen LogP contribution in [0.5, 0.6) is 0 Å². The Labute approximate surface area is 83.8 Å². The monoisotopic (exact) mass is 203 g/mol. The lowest BCUT2D eigenvalue weighted by molar-refractivity contribution is -0.149. The van der Waals surface area contributed by atoms with E-state index in [0.29, 0.717) is 0 Å². The average molecular weight is 203 g/mol. The van der Waals surface area contributed by atoms with Crippen LogP contribution in [0.1, 0.15) is 20.3 Å². The fourth-order valence-electron chi connectivity index (χ4n) is 1.00. The number of esters is 2. The molecule has 0 saturated heterocycles. The van der Waals surface area contributed by atoms with Gasteiger partial charge in [-0.15, -0.1) is 0 Å². The van der Waals surface area contributed by atoms with Crippen molar-refractivity contribution in [2.24, 2.45) is 0 Å². The summed E-state index contributed by atoms with van der Waals surface area (Å²) in [5, 5.41) is 2.92. The molecule has 0 fully saturated rings. The third-order valence-electron chi connectivity index (χ3n) is 1.62. The third kappa shape index (κ3) is 4.81. The SMILES string of the molecule is COC(=O)C[C@H](NC(C)C)C(=O)OC. The summed E-state index contributed by atoms with van der Waals surface area (Å²) in [6.07, 6.45) is -0.0125. The highest BCUT2D eigenvalue weighted by atomic mass is 16.5. The zero-order valence-corrected chi connectivity index (χ0v) is 8.99. The number of hydrogen-bond acceptors (Lipinski definition) is 5. The second-order valence-corrected chi connectivity index (χ2v) is 3.18. The van der Waals surface area contributed by atoms with E-state index in [9.17, 15) is 9.59 Å². The van der Waals surface area contributed by atoms with E-state index in [1.54, 1.807) is 0 Å². The Hall–Kier alpha value is -1.10. The van der Waals surface area contributed by atoms with Crippen LogP contribution in [0.25, 0.3) is 0 Å². The van der Waals surface area contributed by atoms with Gasteiger partial charge in [-0.25, -0.2) is 0 Å². The molecule has 5 heteroatoms. The van der Waals surface area contributed by atoms with Gasteiger partial charge < -0.3 is 14.8 Å². The molecule has 0 amide bonds. The molecule has 14 heavy (non-hydrogen) atoms. The van der Waals surface area contributed by atoms with Crippen LogP contribution in [-0.4, -0.2) is 38.2 Å². The van der Waals surface area contributed by atoms with Gasteiger partial charge in [-0.05, 0) is 0 Å². The Bertz CT molecular complexity index is 203. The Morgan fingerprint density at radius 2 is 1.79 bits per heavy atom. The van der Waals surface area contributed by atoms with Gasteiger partial charge in [0.05, 0.1) is 20.6 Å². The first kappa shape index (κ1) is 12.9. The topological polar surface area (TPSA) is 64.6 Å². The molecule has 1 atom stereocenters. The van der Waals surface area contributed by atoms with Crippen molar-refractivity contribution in [3.05, 3.63) is 0 Å². The second-order valence-electron chi connectivity index (χ2n) is 3.18. The van der Waals surface area contributed by atoms with Gasteiger partial charge >= 0.3 is 11.9 Å². The summed E-state index contributed by atoms with van der Waals surface area (Å²) in [5.74, 6) is -0.891. The maximum Gasteiger partial charge on any atom is 0.323 e. The van der Waals surface area contributed by atoms with Gasteiger partial charge in [0.2, 0.25) is 0 Å². The minimum Gasteiger partial charge on any atom is -0.469 e. The fraction of sp³-hybridized carbons (Fsp3) is 0.778. The lowest BCUT2D eigenvalue weighted by Gasteiger charge is -2.17. The molecule has 0 rings (SSSR count). The molecule has 0 spiro atoms. The quantitative estimate of drug-likeness (QED) is 0.641. The van der Waals surface area contributed by atoms with Gasteiger partial charge in [-0.1, -0.05) is 13.8 Å². The van der Waals surface area contributed by atoms with Crippen molar-refractivity contribution in [1.29, 1.82) is 0 Å². The number of carbonyl (C=O) groups is 2. The number of hydrogen-bond donors (Lipinski definition) is 1. The average Bonchev–Trinajstić information content (AvgIpc) is 2.14. The van der Waals surface area contributed by atoms with Crippen LogP contribution in [0, 0.1) is 0 Å². The maximum atomic E-state index is 11.2. The number of rotatable bonds is 5. The predicted molar refractivity (Wildman–Crippen MR) is 50.7 cm³/mol. The van der Waals surface area contributed by atoms with Crippen LogP contribution < -0.4 is 5.32 Å². The molecule has 0 aliphatic carbocycles. The lowest BCUT2D eigenvalue weighted by Crippen LogP contribution is -2.43. The summed E-state index contributed by atoms with van der Waals surface area (Å²) in [7, 11) is 2.57. The summed E-state index contributed by atoms with van der Waals surface area (Å²) >= 11 is 0. The molecule has 0 aromatic heterocycles. The summed E-state index contributed by atoms with van der Waals surface area (Å²) in [4.78, 5) is 22.2. The first-order chi connectivity index (χ1) is 6.51. The van der Waals surface area contributed by atoms with Gasteiger partial charge in [-0.3, -0.25) is 9.59 Å². The van der Waals surface area contributed by atoms with Crippen LogP contribution in [-0.2, 0) is 19.1 Å². The highest BCUT2D eigenvalue weighted by Crippen LogP contribution is 1.98. The molecule has 0 radical (unpaired) electrons. The fourth-order valence-corrected chi connectivity index (χ4v) is 1.00. The van der Waals surface area contributed by atoms with E-state index in [-0.39, 0.29) is 12.5 Å². The van der Waals surface area contributed by atoms with Crippen LogP contribution in [0.2, 0.25) is 0 Å². The first-order valence-electron chi connectivity index (χ1n) is 4.42. The largest absolute Gasteiger partial charge is 0.469 e. The number of nitrogens with one attached hydrogen (secondary N) is 1. The highest BCUT2D eigenvalue weighted by Gasteiger charge is 2.23. The van der Waals surface area contributed by atoms with Gasteiger partial charge in [0.25, 0.3) is 0 Å². The van der Waals surface area contributed by atoms with Crippen molar-refractivity contribution in [2.75, 3.05) is 14.2 Å². The van der Waals surface area contributed by atoms with E-state index in [1.807, 2.05) is 13.8 Å². The number of methoxy groups -OCH3 is 2. The molecule has 0 aromatic carbocycles. The smallest absolute Gasteiger partial charge is 0.323 e. The van der Waals surface area contributed by atoms with E-state index >= 15 is 0 Å². The van der Waals surface area contributed by atoms with Gasteiger partial charge in [0.1, 0.15) is 6.04 Å². The van der Waals surface area contributed by atoms with Crippen molar-refractivity contribution in [3.63, 3.8) is 0 Å². The molecule has 0 aromatic rings. The molecule has 0 unspecified atom stereocenters. The first-order valence-corrected chi connectivity index (χ1v) is 4.42. The van der Waals surface area contributed by atoms with E-state index in [0.717, 1.165) is 0 Å². The summed E-state index contributed by atoms with van der Waals surface area (Å²) in [6.45, 7) is 3.76. The van der Waals surface area contributed by atoms with E-state index in [1.165, 1.54) is 14.2 Å². The summed E-state index contributed by atoms with van der Waals surface area (Å²) < 4.78 is 9.02. The van der Waals surface area contributed by atoms with Gasteiger partial charge in [0.15, 0.2) is 0 Å². The van der Waals surface area contributed by atoms with Crippen molar-refractivity contribution >= 4 is 11.9 Å². The van der Waals surface area contributed by atoms with Crippen molar-refractivity contribution in [2.45, 2.75) is 32.4 Å². The number of carbonyl (C=O) groups excluding carboxylic acids is 2. The zero-order chi connectivity index (χ0) is 11.1. The molecule has 1 N–H and O–H groups in total. The summed E-state index contributed by atoms with van der Waals surface area (Å²) in [5.41, 5.74) is 0. The third-order valence-corrected chi connectivity index (χ3v) is 1.62. The van der Waals surface area contributed by atoms with Crippen molar-refractivity contribution in [3.8, 4) is 0 Å². The van der Waals surface area contributed by atoms with Gasteiger partial charge in [-0.2, -0.15) is 0 Å². The van der Waals surface area contributed by atoms with Crippen LogP contribution >= 0.6 is 0 Å². The van der Waals surface area contributed by atoms with Gasteiger partial charge in [0, 0.05) is 6.04 Å². The predicted octanol–water partition coefficient (Wildman–Crippen LogP) is 0.0891. The van der Waals surface area contributed by atoms with E-state index < -0.39 is 18.0 Å². The van der Waals surface area contributed by atoms with Crippen LogP contribution in [0.15, 0.2) is 0 Å². The maximum absolute atomic E-state index is 11.2. The van der Waals surface area contributed by atoms with E-state index in [4.69, 9.17) is 0 Å². The molecule has 0 aliphatic rings. The minimum atomic E-state index is -0.632. The summed E-state index contributed by atoms with van der Waals surface area (Å²) in [6, 6.07) is -0.531. The molecule has 82 valence electrons. The normalized spacial score (nSPS) is 12.4. The van der Waals surface area contributed by atoms with Crippen molar-refractivity contribution in [1.82, 2.24) is 5.32 Å². The standard InChI is InChI=1S/C9H17NO4/c1-6(2)10-7(9(12)14-4)5-8(11)13-3/h6-7,10H,5H2,1-4H3/t7-/m0/s1. The van der Waals surface area contributed by atoms with Crippen LogP contribution in [0.4, 0.5) is 0 Å².